The van der Waals surface area contributed by atoms with Crippen LogP contribution in [0.4, 0.5) is 11.4 Å². The molecule has 1 aliphatic heterocycles. The standard InChI is InChI=1S/C24H19BrN2O4S/c25-16-6-10-18(11-7-16)27-23(29)14-21(24(27)30)32-20-12-8-17(9-13-20)26-22(28)15-31-19-4-2-1-3-5-19/h1-13,21H,14-15H2,(H,26,28). The average molecular weight is 511 g/mol. The summed E-state index contributed by atoms with van der Waals surface area (Å²) in [6.45, 7) is -0.0922. The summed E-state index contributed by atoms with van der Waals surface area (Å²) in [7, 11) is 0. The first-order valence-corrected chi connectivity index (χ1v) is 11.5. The van der Waals surface area contributed by atoms with Crippen molar-refractivity contribution in [2.45, 2.75) is 16.6 Å². The Morgan fingerprint density at radius 3 is 2.38 bits per heavy atom. The Morgan fingerprint density at radius 2 is 1.69 bits per heavy atom. The second-order valence-electron chi connectivity index (χ2n) is 7.03. The first-order valence-electron chi connectivity index (χ1n) is 9.86. The van der Waals surface area contributed by atoms with Gasteiger partial charge in [-0.2, -0.15) is 0 Å². The lowest BCUT2D eigenvalue weighted by atomic mass is 10.3. The first kappa shape index (κ1) is 22.1. The number of halogens is 1. The minimum Gasteiger partial charge on any atom is -0.484 e. The van der Waals surface area contributed by atoms with Crippen molar-refractivity contribution in [2.75, 3.05) is 16.8 Å². The van der Waals surface area contributed by atoms with Crippen LogP contribution in [0, 0.1) is 0 Å². The highest BCUT2D eigenvalue weighted by Gasteiger charge is 2.40. The van der Waals surface area contributed by atoms with Gasteiger partial charge >= 0.3 is 0 Å². The highest BCUT2D eigenvalue weighted by Crippen LogP contribution is 2.34. The quantitative estimate of drug-likeness (QED) is 0.458. The fraction of sp³-hybridized carbons (Fsp3) is 0.125. The molecule has 0 radical (unpaired) electrons. The Labute approximate surface area is 198 Å². The van der Waals surface area contributed by atoms with Gasteiger partial charge in [0.2, 0.25) is 11.8 Å². The van der Waals surface area contributed by atoms with Crippen molar-refractivity contribution < 1.29 is 19.1 Å². The molecule has 8 heteroatoms. The van der Waals surface area contributed by atoms with Crippen LogP contribution in [0.3, 0.4) is 0 Å². The maximum atomic E-state index is 12.8. The zero-order valence-electron chi connectivity index (χ0n) is 16.9. The molecule has 0 saturated carbocycles. The summed E-state index contributed by atoms with van der Waals surface area (Å²) < 4.78 is 6.31. The molecule has 0 aromatic heterocycles. The molecule has 162 valence electrons. The molecular formula is C24H19BrN2O4S. The number of ether oxygens (including phenoxy) is 1. The third-order valence-electron chi connectivity index (χ3n) is 4.72. The van der Waals surface area contributed by atoms with E-state index in [0.717, 1.165) is 9.37 Å². The van der Waals surface area contributed by atoms with Crippen molar-refractivity contribution in [1.29, 1.82) is 0 Å². The van der Waals surface area contributed by atoms with Gasteiger partial charge in [-0.3, -0.25) is 14.4 Å². The topological polar surface area (TPSA) is 75.7 Å². The smallest absolute Gasteiger partial charge is 0.262 e. The van der Waals surface area contributed by atoms with Crippen LogP contribution in [0.1, 0.15) is 6.42 Å². The summed E-state index contributed by atoms with van der Waals surface area (Å²) in [5.74, 6) is -0.0757. The summed E-state index contributed by atoms with van der Waals surface area (Å²) >= 11 is 4.70. The van der Waals surface area contributed by atoms with Crippen molar-refractivity contribution in [3.05, 3.63) is 83.3 Å². The van der Waals surface area contributed by atoms with Gasteiger partial charge in [0, 0.05) is 21.5 Å². The van der Waals surface area contributed by atoms with Gasteiger partial charge in [-0.25, -0.2) is 4.90 Å². The summed E-state index contributed by atoms with van der Waals surface area (Å²) in [6, 6.07) is 23.4. The molecule has 1 aliphatic rings. The Hall–Kier alpha value is -3.10. The molecule has 0 spiro atoms. The van der Waals surface area contributed by atoms with Crippen LogP contribution in [0.5, 0.6) is 5.75 Å². The van der Waals surface area contributed by atoms with Crippen molar-refractivity contribution in [3.63, 3.8) is 0 Å². The molecule has 3 aromatic carbocycles. The third kappa shape index (κ3) is 5.38. The average Bonchev–Trinajstić information content (AvgIpc) is 3.08. The summed E-state index contributed by atoms with van der Waals surface area (Å²) in [5, 5.41) is 2.29. The van der Waals surface area contributed by atoms with E-state index in [1.165, 1.54) is 16.7 Å². The van der Waals surface area contributed by atoms with Gasteiger partial charge in [-0.05, 0) is 60.7 Å². The summed E-state index contributed by atoms with van der Waals surface area (Å²) in [4.78, 5) is 39.4. The number of carbonyl (C=O) groups excluding carboxylic acids is 3. The monoisotopic (exact) mass is 510 g/mol. The number of nitrogens with one attached hydrogen (secondary N) is 1. The number of anilines is 2. The Bertz CT molecular complexity index is 1120. The number of hydrogen-bond acceptors (Lipinski definition) is 5. The predicted octanol–water partition coefficient (Wildman–Crippen LogP) is 4.89. The molecule has 4 rings (SSSR count). The third-order valence-corrected chi connectivity index (χ3v) is 6.45. The van der Waals surface area contributed by atoms with E-state index in [2.05, 4.69) is 21.2 Å². The molecule has 0 aliphatic carbocycles. The normalized spacial score (nSPS) is 15.7. The zero-order valence-corrected chi connectivity index (χ0v) is 19.3. The molecule has 0 bridgehead atoms. The van der Waals surface area contributed by atoms with Crippen molar-refractivity contribution >= 4 is 56.8 Å². The van der Waals surface area contributed by atoms with Gasteiger partial charge in [0.05, 0.1) is 10.9 Å². The molecular weight excluding hydrogens is 492 g/mol. The molecule has 1 fully saturated rings. The largest absolute Gasteiger partial charge is 0.484 e. The number of hydrogen-bond donors (Lipinski definition) is 1. The fourth-order valence-corrected chi connectivity index (χ4v) is 4.52. The number of nitrogens with zero attached hydrogens (tertiary/aromatic N) is 1. The fourth-order valence-electron chi connectivity index (χ4n) is 3.20. The molecule has 1 saturated heterocycles. The predicted molar refractivity (Wildman–Crippen MR) is 128 cm³/mol. The van der Waals surface area contributed by atoms with E-state index in [4.69, 9.17) is 4.74 Å². The minimum atomic E-state index is -0.481. The number of carbonyl (C=O) groups is 3. The van der Waals surface area contributed by atoms with Gasteiger partial charge < -0.3 is 10.1 Å². The van der Waals surface area contributed by atoms with Gasteiger partial charge in [0.15, 0.2) is 6.61 Å². The number of thioether (sulfide) groups is 1. The highest BCUT2D eigenvalue weighted by atomic mass is 79.9. The van der Waals surface area contributed by atoms with Gasteiger partial charge in [0.1, 0.15) is 5.75 Å². The number of amides is 3. The molecule has 1 atom stereocenters. The zero-order chi connectivity index (χ0) is 22.5. The van der Waals surface area contributed by atoms with E-state index in [1.807, 2.05) is 30.3 Å². The second-order valence-corrected chi connectivity index (χ2v) is 9.22. The highest BCUT2D eigenvalue weighted by molar-refractivity contribution is 9.10. The van der Waals surface area contributed by atoms with Crippen LogP contribution in [-0.2, 0) is 14.4 Å². The van der Waals surface area contributed by atoms with Crippen molar-refractivity contribution in [1.82, 2.24) is 0 Å². The minimum absolute atomic E-state index is 0.0922. The van der Waals surface area contributed by atoms with E-state index in [9.17, 15) is 14.4 Å². The number of rotatable bonds is 7. The first-order chi connectivity index (χ1) is 15.5. The Balaban J connectivity index is 1.32. The van der Waals surface area contributed by atoms with Crippen LogP contribution in [-0.4, -0.2) is 29.6 Å². The van der Waals surface area contributed by atoms with E-state index in [1.54, 1.807) is 48.5 Å². The van der Waals surface area contributed by atoms with E-state index < -0.39 is 5.25 Å². The summed E-state index contributed by atoms with van der Waals surface area (Å²) in [6.07, 6.45) is 0.148. The van der Waals surface area contributed by atoms with Crippen LogP contribution < -0.4 is 15.0 Å². The second kappa shape index (κ2) is 10.0. The maximum Gasteiger partial charge on any atom is 0.262 e. The molecule has 3 amide bonds. The SMILES string of the molecule is O=C(COc1ccccc1)Nc1ccc(SC2CC(=O)N(c3ccc(Br)cc3)C2=O)cc1. The molecule has 1 N–H and O–H groups in total. The lowest BCUT2D eigenvalue weighted by molar-refractivity contribution is -0.121. The Morgan fingerprint density at radius 1 is 1.00 bits per heavy atom. The van der Waals surface area contributed by atoms with Gasteiger partial charge in [-0.1, -0.05) is 34.1 Å². The molecule has 6 nitrogen and oxygen atoms in total. The van der Waals surface area contributed by atoms with E-state index >= 15 is 0 Å². The van der Waals surface area contributed by atoms with Gasteiger partial charge in [-0.15, -0.1) is 11.8 Å². The number of benzene rings is 3. The van der Waals surface area contributed by atoms with Crippen molar-refractivity contribution in [2.24, 2.45) is 0 Å². The lowest BCUT2D eigenvalue weighted by Crippen LogP contribution is -2.31. The molecule has 3 aromatic rings. The number of imide groups is 1. The lowest BCUT2D eigenvalue weighted by Gasteiger charge is -2.15. The molecule has 32 heavy (non-hydrogen) atoms. The Kier molecular flexibility index (Phi) is 6.92. The maximum absolute atomic E-state index is 12.8. The van der Waals surface area contributed by atoms with Crippen LogP contribution in [0.15, 0.2) is 88.2 Å². The van der Waals surface area contributed by atoms with Crippen LogP contribution in [0.2, 0.25) is 0 Å². The van der Waals surface area contributed by atoms with E-state index in [-0.39, 0.29) is 30.7 Å². The molecule has 1 unspecified atom stereocenters. The molecule has 1 heterocycles. The van der Waals surface area contributed by atoms with Crippen molar-refractivity contribution in [3.8, 4) is 5.75 Å². The van der Waals surface area contributed by atoms with Crippen LogP contribution in [0.25, 0.3) is 0 Å². The van der Waals surface area contributed by atoms with Gasteiger partial charge in [0.25, 0.3) is 5.91 Å². The number of para-hydroxylation sites is 1. The van der Waals surface area contributed by atoms with E-state index in [0.29, 0.717) is 17.1 Å². The summed E-state index contributed by atoms with van der Waals surface area (Å²) in [5.41, 5.74) is 1.20. The van der Waals surface area contributed by atoms with Crippen LogP contribution >= 0.6 is 27.7 Å².